The number of hydrogen-bond acceptors (Lipinski definition) is 3. The normalized spacial score (nSPS) is 12.0. The van der Waals surface area contributed by atoms with E-state index in [0.717, 1.165) is 11.4 Å². The van der Waals surface area contributed by atoms with Crippen molar-refractivity contribution in [2.24, 2.45) is 0 Å². The van der Waals surface area contributed by atoms with Gasteiger partial charge in [-0.3, -0.25) is 9.36 Å². The molecule has 6 heteroatoms. The van der Waals surface area contributed by atoms with Crippen LogP contribution in [0.15, 0.2) is 83.7 Å². The van der Waals surface area contributed by atoms with Gasteiger partial charge in [0.2, 0.25) is 0 Å². The van der Waals surface area contributed by atoms with Crippen LogP contribution in [-0.2, 0) is 0 Å². The molecule has 1 unspecified atom stereocenters. The highest BCUT2D eigenvalue weighted by Crippen LogP contribution is 2.27. The fraction of sp³-hybridized carbons (Fsp3) is 0.276. The molecule has 1 aromatic heterocycles. The molecule has 0 aliphatic carbocycles. The molecule has 180 valence electrons. The maximum Gasteiger partial charge on any atom is 0.322 e. The van der Waals surface area contributed by atoms with Gasteiger partial charge in [0.1, 0.15) is 5.82 Å². The van der Waals surface area contributed by atoms with Gasteiger partial charge in [0.05, 0.1) is 22.6 Å². The van der Waals surface area contributed by atoms with E-state index in [4.69, 9.17) is 4.98 Å². The Morgan fingerprint density at radius 3 is 2.23 bits per heavy atom. The van der Waals surface area contributed by atoms with Gasteiger partial charge in [-0.2, -0.15) is 0 Å². The van der Waals surface area contributed by atoms with Crippen molar-refractivity contribution in [3.63, 3.8) is 0 Å². The Kier molecular flexibility index (Phi) is 7.30. The maximum atomic E-state index is 13.6. The molecule has 1 heterocycles. The van der Waals surface area contributed by atoms with Crippen molar-refractivity contribution < 1.29 is 4.79 Å². The molecule has 0 saturated carbocycles. The third-order valence-electron chi connectivity index (χ3n) is 6.31. The molecule has 3 aromatic carbocycles. The van der Waals surface area contributed by atoms with Crippen molar-refractivity contribution in [2.45, 2.75) is 46.1 Å². The van der Waals surface area contributed by atoms with Crippen molar-refractivity contribution in [1.29, 1.82) is 0 Å². The number of carbonyl (C=O) groups excluding carboxylic acids is 1. The molecule has 0 aliphatic rings. The summed E-state index contributed by atoms with van der Waals surface area (Å²) in [6.07, 6.45) is 0.602. The van der Waals surface area contributed by atoms with Crippen LogP contribution in [0.25, 0.3) is 16.6 Å². The first-order valence-electron chi connectivity index (χ1n) is 12.2. The molecule has 0 radical (unpaired) electrons. The molecule has 0 bridgehead atoms. The molecule has 2 amide bonds. The van der Waals surface area contributed by atoms with Gasteiger partial charge in [-0.05, 0) is 61.2 Å². The first-order valence-corrected chi connectivity index (χ1v) is 12.2. The van der Waals surface area contributed by atoms with Crippen molar-refractivity contribution in [1.82, 2.24) is 14.5 Å². The number of anilines is 1. The standard InChI is InChI=1S/C29H32N4O2/c1-5-26(32(6-2)29(35)30-22-18-16-21(17-19-22)20(3)4)27-31-25-15-11-10-14-24(25)28(34)33(27)23-12-8-7-9-13-23/h7-20,26H,5-6H2,1-4H3,(H,30,35). The number of nitrogens with zero attached hydrogens (tertiary/aromatic N) is 3. The summed E-state index contributed by atoms with van der Waals surface area (Å²) in [4.78, 5) is 33.7. The monoisotopic (exact) mass is 468 g/mol. The quantitative estimate of drug-likeness (QED) is 0.336. The molecule has 4 aromatic rings. The number of benzene rings is 3. The molecule has 6 nitrogen and oxygen atoms in total. The predicted molar refractivity (Wildman–Crippen MR) is 142 cm³/mol. The molecule has 0 spiro atoms. The summed E-state index contributed by atoms with van der Waals surface area (Å²) in [5.74, 6) is 0.972. The van der Waals surface area contributed by atoms with Gasteiger partial charge in [-0.15, -0.1) is 0 Å². The van der Waals surface area contributed by atoms with Crippen LogP contribution in [0, 0.1) is 0 Å². The third kappa shape index (κ3) is 4.97. The zero-order chi connectivity index (χ0) is 24.9. The highest BCUT2D eigenvalue weighted by atomic mass is 16.2. The highest BCUT2D eigenvalue weighted by Gasteiger charge is 2.28. The predicted octanol–water partition coefficient (Wildman–Crippen LogP) is 6.51. The van der Waals surface area contributed by atoms with E-state index in [9.17, 15) is 9.59 Å². The summed E-state index contributed by atoms with van der Waals surface area (Å²) in [5.41, 5.74) is 3.16. The Hall–Kier alpha value is -3.93. The van der Waals surface area contributed by atoms with Crippen LogP contribution in [-0.4, -0.2) is 27.0 Å². The van der Waals surface area contributed by atoms with Crippen LogP contribution in [0.5, 0.6) is 0 Å². The Balaban J connectivity index is 1.77. The topological polar surface area (TPSA) is 67.2 Å². The molecule has 1 atom stereocenters. The van der Waals surface area contributed by atoms with E-state index in [1.165, 1.54) is 5.56 Å². The first-order chi connectivity index (χ1) is 16.9. The van der Waals surface area contributed by atoms with Gasteiger partial charge >= 0.3 is 6.03 Å². The third-order valence-corrected chi connectivity index (χ3v) is 6.31. The number of rotatable bonds is 7. The van der Waals surface area contributed by atoms with Crippen LogP contribution in [0.3, 0.4) is 0 Å². The zero-order valence-electron chi connectivity index (χ0n) is 20.7. The smallest absolute Gasteiger partial charge is 0.315 e. The van der Waals surface area contributed by atoms with Crippen LogP contribution in [0.1, 0.15) is 57.5 Å². The molecule has 35 heavy (non-hydrogen) atoms. The summed E-state index contributed by atoms with van der Waals surface area (Å²) in [7, 11) is 0. The number of hydrogen-bond donors (Lipinski definition) is 1. The summed E-state index contributed by atoms with van der Waals surface area (Å²) in [6, 6.07) is 24.1. The number of aromatic nitrogens is 2. The van der Waals surface area contributed by atoms with Gasteiger partial charge in [-0.25, -0.2) is 9.78 Å². The molecule has 0 saturated heterocycles. The first kappa shape index (κ1) is 24.2. The number of nitrogens with one attached hydrogen (secondary N) is 1. The summed E-state index contributed by atoms with van der Waals surface area (Å²) < 4.78 is 1.64. The minimum Gasteiger partial charge on any atom is -0.315 e. The molecule has 0 aliphatic heterocycles. The Labute approximate surface area is 206 Å². The lowest BCUT2D eigenvalue weighted by molar-refractivity contribution is 0.185. The average molecular weight is 469 g/mol. The average Bonchev–Trinajstić information content (AvgIpc) is 2.88. The van der Waals surface area contributed by atoms with Gasteiger partial charge in [0.15, 0.2) is 0 Å². The second kappa shape index (κ2) is 10.6. The second-order valence-electron chi connectivity index (χ2n) is 8.88. The van der Waals surface area contributed by atoms with E-state index >= 15 is 0 Å². The van der Waals surface area contributed by atoms with Crippen LogP contribution in [0.2, 0.25) is 0 Å². The minimum atomic E-state index is -0.396. The molecule has 4 rings (SSSR count). The Morgan fingerprint density at radius 2 is 1.60 bits per heavy atom. The highest BCUT2D eigenvalue weighted by molar-refractivity contribution is 5.89. The molecule has 1 N–H and O–H groups in total. The largest absolute Gasteiger partial charge is 0.322 e. The second-order valence-corrected chi connectivity index (χ2v) is 8.88. The summed E-state index contributed by atoms with van der Waals surface area (Å²) in [6.45, 7) is 8.69. The number of carbonyl (C=O) groups is 1. The molecular weight excluding hydrogens is 436 g/mol. The Morgan fingerprint density at radius 1 is 0.943 bits per heavy atom. The lowest BCUT2D eigenvalue weighted by Gasteiger charge is -2.31. The molecule has 0 fully saturated rings. The molecular formula is C29H32N4O2. The number of amides is 2. The van der Waals surface area contributed by atoms with E-state index < -0.39 is 6.04 Å². The van der Waals surface area contributed by atoms with Crippen molar-refractivity contribution in [3.05, 3.63) is 101 Å². The number of urea groups is 1. The van der Waals surface area contributed by atoms with Gasteiger partial charge in [0, 0.05) is 12.2 Å². The number of para-hydroxylation sites is 2. The fourth-order valence-electron chi connectivity index (χ4n) is 4.39. The van der Waals surface area contributed by atoms with Gasteiger partial charge < -0.3 is 10.2 Å². The van der Waals surface area contributed by atoms with E-state index in [1.807, 2.05) is 86.6 Å². The van der Waals surface area contributed by atoms with Crippen LogP contribution >= 0.6 is 0 Å². The van der Waals surface area contributed by atoms with E-state index in [-0.39, 0.29) is 11.6 Å². The lowest BCUT2D eigenvalue weighted by Crippen LogP contribution is -2.40. The SMILES string of the molecule is CCC(c1nc2ccccc2c(=O)n1-c1ccccc1)N(CC)C(=O)Nc1ccc(C(C)C)cc1. The summed E-state index contributed by atoms with van der Waals surface area (Å²) >= 11 is 0. The van der Waals surface area contributed by atoms with Crippen molar-refractivity contribution in [2.75, 3.05) is 11.9 Å². The maximum absolute atomic E-state index is 13.6. The van der Waals surface area contributed by atoms with E-state index in [2.05, 4.69) is 19.2 Å². The Bertz CT molecular complexity index is 1360. The lowest BCUT2D eigenvalue weighted by atomic mass is 10.0. The zero-order valence-corrected chi connectivity index (χ0v) is 20.7. The number of fused-ring (bicyclic) bond motifs is 1. The van der Waals surface area contributed by atoms with E-state index in [0.29, 0.717) is 35.6 Å². The summed E-state index contributed by atoms with van der Waals surface area (Å²) in [5, 5.41) is 3.58. The minimum absolute atomic E-state index is 0.143. The van der Waals surface area contributed by atoms with Gasteiger partial charge in [0.25, 0.3) is 5.56 Å². The van der Waals surface area contributed by atoms with E-state index in [1.54, 1.807) is 15.5 Å². The van der Waals surface area contributed by atoms with Gasteiger partial charge in [-0.1, -0.05) is 63.2 Å². The van der Waals surface area contributed by atoms with Crippen LogP contribution in [0.4, 0.5) is 10.5 Å². The van der Waals surface area contributed by atoms with Crippen molar-refractivity contribution in [3.8, 4) is 5.69 Å². The van der Waals surface area contributed by atoms with Crippen molar-refractivity contribution >= 4 is 22.6 Å². The van der Waals surface area contributed by atoms with Crippen LogP contribution < -0.4 is 10.9 Å². The fourth-order valence-corrected chi connectivity index (χ4v) is 4.39.